The molecule has 0 bridgehead atoms. The third-order valence-electron chi connectivity index (χ3n) is 4.65. The monoisotopic (exact) mass is 308 g/mol. The average molecular weight is 308 g/mol. The highest BCUT2D eigenvalue weighted by atomic mass is 16.3. The van der Waals surface area contributed by atoms with Gasteiger partial charge in [0.1, 0.15) is 17.1 Å². The van der Waals surface area contributed by atoms with E-state index in [4.69, 9.17) is 4.98 Å². The van der Waals surface area contributed by atoms with Crippen LogP contribution < -0.4 is 0 Å². The summed E-state index contributed by atoms with van der Waals surface area (Å²) in [5, 5.41) is 10.3. The number of imidazole rings is 1. The summed E-state index contributed by atoms with van der Waals surface area (Å²) in [6.45, 7) is 5.35. The number of likely N-dealkylation sites (N-methyl/N-ethyl adjacent to an activating group) is 1. The Hall–Kier alpha value is -2.40. The highest BCUT2D eigenvalue weighted by Gasteiger charge is 2.29. The number of benzene rings is 1. The Bertz CT molecular complexity index is 842. The molecule has 1 saturated heterocycles. The highest BCUT2D eigenvalue weighted by molar-refractivity contribution is 5.75. The smallest absolute Gasteiger partial charge is 0.164 e. The molecule has 1 aliphatic rings. The molecule has 23 heavy (non-hydrogen) atoms. The van der Waals surface area contributed by atoms with Crippen molar-refractivity contribution in [3.63, 3.8) is 0 Å². The molecule has 5 heteroatoms. The van der Waals surface area contributed by atoms with E-state index in [1.165, 1.54) is 0 Å². The molecule has 0 amide bonds. The van der Waals surface area contributed by atoms with E-state index in [-0.39, 0.29) is 5.75 Å². The minimum Gasteiger partial charge on any atom is -0.506 e. The van der Waals surface area contributed by atoms with Crippen molar-refractivity contribution in [1.82, 2.24) is 19.4 Å². The molecule has 0 spiro atoms. The van der Waals surface area contributed by atoms with Gasteiger partial charge in [-0.2, -0.15) is 0 Å². The number of phenolic OH excluding ortho intramolecular Hbond substituents is 1. The Morgan fingerprint density at radius 2 is 2.09 bits per heavy atom. The minimum atomic E-state index is 0.254. The second-order valence-corrected chi connectivity index (χ2v) is 6.02. The van der Waals surface area contributed by atoms with Gasteiger partial charge >= 0.3 is 0 Å². The summed E-state index contributed by atoms with van der Waals surface area (Å²) in [6, 6.07) is 11.3. The molecular weight excluding hydrogens is 288 g/mol. The average Bonchev–Trinajstić information content (AvgIpc) is 3.19. The van der Waals surface area contributed by atoms with Crippen molar-refractivity contribution < 1.29 is 5.11 Å². The summed E-state index contributed by atoms with van der Waals surface area (Å²) in [6.07, 6.45) is 2.86. The fourth-order valence-electron chi connectivity index (χ4n) is 3.43. The zero-order valence-corrected chi connectivity index (χ0v) is 13.2. The SMILES string of the molecule is CCN1CCC(c2nc3cccnc3n2-c2ccccc2O)C1. The van der Waals surface area contributed by atoms with Crippen LogP contribution in [-0.2, 0) is 0 Å². The lowest BCUT2D eigenvalue weighted by Gasteiger charge is -2.15. The van der Waals surface area contributed by atoms with Gasteiger partial charge in [-0.25, -0.2) is 9.97 Å². The molecule has 0 radical (unpaired) electrons. The molecule has 4 rings (SSSR count). The number of hydrogen-bond acceptors (Lipinski definition) is 4. The molecule has 3 aromatic rings. The number of likely N-dealkylation sites (tertiary alicyclic amines) is 1. The summed E-state index contributed by atoms with van der Waals surface area (Å²) in [5.41, 5.74) is 2.43. The van der Waals surface area contributed by atoms with E-state index in [0.29, 0.717) is 5.92 Å². The van der Waals surface area contributed by atoms with Crippen molar-refractivity contribution in [2.75, 3.05) is 19.6 Å². The maximum absolute atomic E-state index is 10.3. The second kappa shape index (κ2) is 5.66. The fraction of sp³-hybridized carbons (Fsp3) is 0.333. The number of fused-ring (bicyclic) bond motifs is 1. The van der Waals surface area contributed by atoms with Crippen LogP contribution in [-0.4, -0.2) is 44.2 Å². The summed E-state index contributed by atoms with van der Waals surface area (Å²) < 4.78 is 2.02. The Balaban J connectivity index is 1.91. The van der Waals surface area contributed by atoms with Crippen molar-refractivity contribution in [3.8, 4) is 11.4 Å². The maximum atomic E-state index is 10.3. The summed E-state index contributed by atoms with van der Waals surface area (Å²) in [5.74, 6) is 1.61. The van der Waals surface area contributed by atoms with Crippen LogP contribution in [0, 0.1) is 0 Å². The number of para-hydroxylation sites is 2. The van der Waals surface area contributed by atoms with Gasteiger partial charge in [-0.15, -0.1) is 0 Å². The van der Waals surface area contributed by atoms with Gasteiger partial charge in [0.25, 0.3) is 0 Å². The molecule has 118 valence electrons. The van der Waals surface area contributed by atoms with Gasteiger partial charge in [0.05, 0.1) is 5.69 Å². The standard InChI is InChI=1S/C18H20N4O/c1-2-21-11-9-13(12-21)17-20-14-6-5-10-19-18(14)22(17)15-7-3-4-8-16(15)23/h3-8,10,13,23H,2,9,11-12H2,1H3. The second-order valence-electron chi connectivity index (χ2n) is 6.02. The number of aromatic nitrogens is 3. The van der Waals surface area contributed by atoms with E-state index in [1.807, 2.05) is 34.9 Å². The van der Waals surface area contributed by atoms with Gasteiger partial charge in [-0.3, -0.25) is 4.57 Å². The largest absolute Gasteiger partial charge is 0.506 e. The molecule has 0 saturated carbocycles. The lowest BCUT2D eigenvalue weighted by atomic mass is 10.1. The van der Waals surface area contributed by atoms with Crippen molar-refractivity contribution in [2.24, 2.45) is 0 Å². The molecule has 1 atom stereocenters. The third-order valence-corrected chi connectivity index (χ3v) is 4.65. The zero-order chi connectivity index (χ0) is 15.8. The van der Waals surface area contributed by atoms with Gasteiger partial charge in [0.15, 0.2) is 5.65 Å². The van der Waals surface area contributed by atoms with Gasteiger partial charge < -0.3 is 10.0 Å². The predicted octanol–water partition coefficient (Wildman–Crippen LogP) is 2.94. The Labute approximate surface area is 135 Å². The van der Waals surface area contributed by atoms with E-state index in [1.54, 1.807) is 12.3 Å². The lowest BCUT2D eigenvalue weighted by Crippen LogP contribution is -2.20. The third kappa shape index (κ3) is 2.37. The highest BCUT2D eigenvalue weighted by Crippen LogP contribution is 2.33. The van der Waals surface area contributed by atoms with E-state index < -0.39 is 0 Å². The first-order valence-electron chi connectivity index (χ1n) is 8.12. The predicted molar refractivity (Wildman–Crippen MR) is 90.0 cm³/mol. The molecule has 3 heterocycles. The van der Waals surface area contributed by atoms with Crippen LogP contribution in [0.5, 0.6) is 5.75 Å². The van der Waals surface area contributed by atoms with Crippen molar-refractivity contribution in [1.29, 1.82) is 0 Å². The fourth-order valence-corrected chi connectivity index (χ4v) is 3.43. The number of pyridine rings is 1. The van der Waals surface area contributed by atoms with Crippen LogP contribution in [0.15, 0.2) is 42.6 Å². The van der Waals surface area contributed by atoms with Crippen molar-refractivity contribution in [2.45, 2.75) is 19.3 Å². The summed E-state index contributed by atoms with van der Waals surface area (Å²) >= 11 is 0. The Kier molecular flexibility index (Phi) is 3.50. The summed E-state index contributed by atoms with van der Waals surface area (Å²) in [4.78, 5) is 11.8. The number of hydrogen-bond donors (Lipinski definition) is 1. The van der Waals surface area contributed by atoms with E-state index in [9.17, 15) is 5.11 Å². The number of rotatable bonds is 3. The molecule has 1 aliphatic heterocycles. The quantitative estimate of drug-likeness (QED) is 0.808. The molecule has 1 N–H and O–H groups in total. The van der Waals surface area contributed by atoms with Crippen LogP contribution in [0.4, 0.5) is 0 Å². The number of aromatic hydroxyl groups is 1. The molecule has 0 aliphatic carbocycles. The molecule has 5 nitrogen and oxygen atoms in total. The summed E-state index contributed by atoms with van der Waals surface area (Å²) in [7, 11) is 0. The van der Waals surface area contributed by atoms with Gasteiger partial charge in [-0.05, 0) is 43.8 Å². The van der Waals surface area contributed by atoms with Crippen LogP contribution in [0.3, 0.4) is 0 Å². The molecule has 1 unspecified atom stereocenters. The van der Waals surface area contributed by atoms with Crippen molar-refractivity contribution in [3.05, 3.63) is 48.4 Å². The maximum Gasteiger partial charge on any atom is 0.164 e. The molecular formula is C18H20N4O. The first kappa shape index (κ1) is 14.2. The van der Waals surface area contributed by atoms with E-state index >= 15 is 0 Å². The van der Waals surface area contributed by atoms with Gasteiger partial charge in [0.2, 0.25) is 0 Å². The Morgan fingerprint density at radius 1 is 1.22 bits per heavy atom. The molecule has 1 fully saturated rings. The first-order valence-corrected chi connectivity index (χ1v) is 8.12. The topological polar surface area (TPSA) is 54.2 Å². The van der Waals surface area contributed by atoms with Gasteiger partial charge in [-0.1, -0.05) is 19.1 Å². The van der Waals surface area contributed by atoms with Crippen LogP contribution >= 0.6 is 0 Å². The number of phenols is 1. The van der Waals surface area contributed by atoms with Gasteiger partial charge in [0, 0.05) is 18.7 Å². The van der Waals surface area contributed by atoms with E-state index in [0.717, 1.165) is 48.7 Å². The van der Waals surface area contributed by atoms with Crippen LogP contribution in [0.1, 0.15) is 25.1 Å². The van der Waals surface area contributed by atoms with Crippen LogP contribution in [0.2, 0.25) is 0 Å². The lowest BCUT2D eigenvalue weighted by molar-refractivity contribution is 0.352. The molecule has 2 aromatic heterocycles. The number of nitrogens with zero attached hydrogens (tertiary/aromatic N) is 4. The van der Waals surface area contributed by atoms with E-state index in [2.05, 4.69) is 16.8 Å². The Morgan fingerprint density at radius 3 is 2.87 bits per heavy atom. The normalized spacial score (nSPS) is 18.7. The molecule has 1 aromatic carbocycles. The van der Waals surface area contributed by atoms with Crippen LogP contribution in [0.25, 0.3) is 16.9 Å². The minimum absolute atomic E-state index is 0.254. The first-order chi connectivity index (χ1) is 11.3. The zero-order valence-electron chi connectivity index (χ0n) is 13.2. The van der Waals surface area contributed by atoms with Crippen molar-refractivity contribution >= 4 is 11.2 Å².